The van der Waals surface area contributed by atoms with Crippen molar-refractivity contribution in [2.24, 2.45) is 0 Å². The maximum Gasteiger partial charge on any atom is 0.416 e. The van der Waals surface area contributed by atoms with Crippen LogP contribution in [-0.2, 0) is 12.7 Å². The van der Waals surface area contributed by atoms with Gasteiger partial charge in [0.05, 0.1) is 12.1 Å². The number of benzene rings is 1. The van der Waals surface area contributed by atoms with Gasteiger partial charge in [0.1, 0.15) is 11.4 Å². The first kappa shape index (κ1) is 13.4. The Labute approximate surface area is 107 Å². The van der Waals surface area contributed by atoms with Gasteiger partial charge in [-0.3, -0.25) is 0 Å². The summed E-state index contributed by atoms with van der Waals surface area (Å²) in [5, 5.41) is 10.2. The topological polar surface area (TPSA) is 51.0 Å². The van der Waals surface area contributed by atoms with Crippen LogP contribution in [0.15, 0.2) is 22.8 Å². The largest absolute Gasteiger partial charge is 0.416 e. The maximum atomic E-state index is 12.6. The second-order valence-corrected chi connectivity index (χ2v) is 4.18. The first-order valence-corrected chi connectivity index (χ1v) is 5.57. The van der Waals surface area contributed by atoms with Crippen LogP contribution in [0.2, 0.25) is 0 Å². The highest BCUT2D eigenvalue weighted by molar-refractivity contribution is 5.53. The molecular weight excluding hydrogens is 259 g/mol. The van der Waals surface area contributed by atoms with Crippen LogP contribution in [0.5, 0.6) is 0 Å². The molecule has 0 fully saturated rings. The third-order valence-corrected chi connectivity index (χ3v) is 2.76. The van der Waals surface area contributed by atoms with Gasteiger partial charge in [-0.05, 0) is 31.5 Å². The number of nitrogens with zero attached hydrogens (tertiary/aromatic N) is 2. The van der Waals surface area contributed by atoms with Crippen molar-refractivity contribution in [3.05, 3.63) is 40.7 Å². The number of halogens is 3. The molecule has 0 spiro atoms. The van der Waals surface area contributed by atoms with E-state index in [9.17, 15) is 13.2 Å². The van der Waals surface area contributed by atoms with Gasteiger partial charge in [0, 0.05) is 5.69 Å². The van der Waals surface area contributed by atoms with Crippen LogP contribution in [0.3, 0.4) is 0 Å². The van der Waals surface area contributed by atoms with Gasteiger partial charge in [0.2, 0.25) is 0 Å². The minimum absolute atomic E-state index is 0.261. The Balaban J connectivity index is 2.18. The fourth-order valence-corrected chi connectivity index (χ4v) is 1.58. The predicted octanol–water partition coefficient (Wildman–Crippen LogP) is 3.32. The Morgan fingerprint density at radius 2 is 1.95 bits per heavy atom. The van der Waals surface area contributed by atoms with Crippen molar-refractivity contribution < 1.29 is 17.8 Å². The second kappa shape index (κ2) is 4.91. The zero-order valence-electron chi connectivity index (χ0n) is 10.4. The molecule has 0 saturated carbocycles. The normalized spacial score (nSPS) is 11.6. The second-order valence-electron chi connectivity index (χ2n) is 4.18. The number of rotatable bonds is 3. The van der Waals surface area contributed by atoms with Crippen LogP contribution in [0.25, 0.3) is 0 Å². The van der Waals surface area contributed by atoms with E-state index in [0.717, 1.165) is 17.7 Å². The summed E-state index contributed by atoms with van der Waals surface area (Å²) < 4.78 is 42.4. The van der Waals surface area contributed by atoms with Crippen molar-refractivity contribution >= 4 is 5.69 Å². The molecule has 1 aromatic heterocycles. The molecule has 1 aromatic carbocycles. The Hall–Kier alpha value is -2.05. The number of aryl methyl sites for hydroxylation is 2. The van der Waals surface area contributed by atoms with Crippen LogP contribution in [-0.4, -0.2) is 10.3 Å². The maximum absolute atomic E-state index is 12.6. The number of hydrogen-bond acceptors (Lipinski definition) is 4. The van der Waals surface area contributed by atoms with E-state index in [1.54, 1.807) is 13.8 Å². The summed E-state index contributed by atoms with van der Waals surface area (Å²) in [7, 11) is 0. The van der Waals surface area contributed by atoms with Crippen LogP contribution >= 0.6 is 0 Å². The Kier molecular flexibility index (Phi) is 3.46. The highest BCUT2D eigenvalue weighted by Crippen LogP contribution is 2.32. The van der Waals surface area contributed by atoms with Crippen molar-refractivity contribution in [3.8, 4) is 0 Å². The molecule has 0 aliphatic heterocycles. The third kappa shape index (κ3) is 3.04. The standard InChI is InChI=1S/C12H12F3N3O/c1-7-3-4-9(12(13,14)15)5-10(7)16-6-11-8(2)17-19-18-11/h3-5,16H,6H2,1-2H3. The molecule has 1 heterocycles. The minimum atomic E-state index is -4.35. The molecule has 1 N–H and O–H groups in total. The van der Waals surface area contributed by atoms with E-state index in [0.29, 0.717) is 17.1 Å². The van der Waals surface area contributed by atoms with Gasteiger partial charge in [-0.15, -0.1) is 0 Å². The van der Waals surface area contributed by atoms with Crippen molar-refractivity contribution in [2.75, 3.05) is 5.32 Å². The Morgan fingerprint density at radius 3 is 2.53 bits per heavy atom. The van der Waals surface area contributed by atoms with Crippen LogP contribution < -0.4 is 5.32 Å². The fraction of sp³-hybridized carbons (Fsp3) is 0.333. The molecule has 0 unspecified atom stereocenters. The SMILES string of the molecule is Cc1ccc(C(F)(F)F)cc1NCc1nonc1C. The zero-order valence-corrected chi connectivity index (χ0v) is 10.4. The molecule has 0 atom stereocenters. The molecule has 0 saturated heterocycles. The van der Waals surface area contributed by atoms with E-state index >= 15 is 0 Å². The minimum Gasteiger partial charge on any atom is -0.379 e. The highest BCUT2D eigenvalue weighted by atomic mass is 19.4. The number of alkyl halides is 3. The van der Waals surface area contributed by atoms with Gasteiger partial charge >= 0.3 is 6.18 Å². The molecule has 0 bridgehead atoms. The molecule has 102 valence electrons. The van der Waals surface area contributed by atoms with Gasteiger partial charge in [-0.2, -0.15) is 13.2 Å². The summed E-state index contributed by atoms with van der Waals surface area (Å²) in [6.07, 6.45) is -4.35. The van der Waals surface area contributed by atoms with Gasteiger partial charge < -0.3 is 5.32 Å². The first-order chi connectivity index (χ1) is 8.88. The summed E-state index contributed by atoms with van der Waals surface area (Å²) >= 11 is 0. The van der Waals surface area contributed by atoms with E-state index in [2.05, 4.69) is 20.3 Å². The molecule has 2 rings (SSSR count). The molecule has 0 radical (unpaired) electrons. The molecule has 7 heteroatoms. The molecule has 0 amide bonds. The third-order valence-electron chi connectivity index (χ3n) is 2.76. The van der Waals surface area contributed by atoms with E-state index in [1.807, 2.05) is 0 Å². The smallest absolute Gasteiger partial charge is 0.379 e. The quantitative estimate of drug-likeness (QED) is 0.930. The van der Waals surface area contributed by atoms with E-state index < -0.39 is 11.7 Å². The summed E-state index contributed by atoms with van der Waals surface area (Å²) in [5.41, 5.74) is 1.63. The van der Waals surface area contributed by atoms with Gasteiger partial charge in [-0.1, -0.05) is 16.4 Å². The highest BCUT2D eigenvalue weighted by Gasteiger charge is 2.30. The fourth-order valence-electron chi connectivity index (χ4n) is 1.58. The monoisotopic (exact) mass is 271 g/mol. The molecule has 0 aliphatic rings. The molecule has 2 aromatic rings. The lowest BCUT2D eigenvalue weighted by Gasteiger charge is -2.12. The lowest BCUT2D eigenvalue weighted by atomic mass is 10.1. The number of nitrogens with one attached hydrogen (secondary N) is 1. The average molecular weight is 271 g/mol. The first-order valence-electron chi connectivity index (χ1n) is 5.57. The molecule has 4 nitrogen and oxygen atoms in total. The van der Waals surface area contributed by atoms with Crippen molar-refractivity contribution in [1.29, 1.82) is 0 Å². The summed E-state index contributed by atoms with van der Waals surface area (Å²) in [6.45, 7) is 3.71. The van der Waals surface area contributed by atoms with Crippen LogP contribution in [0, 0.1) is 13.8 Å². The predicted molar refractivity (Wildman–Crippen MR) is 62.5 cm³/mol. The van der Waals surface area contributed by atoms with Gasteiger partial charge in [0.15, 0.2) is 0 Å². The van der Waals surface area contributed by atoms with Gasteiger partial charge in [0.25, 0.3) is 0 Å². The van der Waals surface area contributed by atoms with Gasteiger partial charge in [-0.25, -0.2) is 4.63 Å². The van der Waals surface area contributed by atoms with Crippen LogP contribution in [0.1, 0.15) is 22.5 Å². The number of anilines is 1. The summed E-state index contributed by atoms with van der Waals surface area (Å²) in [5.74, 6) is 0. The van der Waals surface area contributed by atoms with Crippen molar-refractivity contribution in [3.63, 3.8) is 0 Å². The van der Waals surface area contributed by atoms with Crippen molar-refractivity contribution in [2.45, 2.75) is 26.6 Å². The van der Waals surface area contributed by atoms with E-state index in [4.69, 9.17) is 0 Å². The number of aromatic nitrogens is 2. The number of hydrogen-bond donors (Lipinski definition) is 1. The average Bonchev–Trinajstić information content (AvgIpc) is 2.72. The summed E-state index contributed by atoms with van der Waals surface area (Å²) in [4.78, 5) is 0. The Morgan fingerprint density at radius 1 is 1.21 bits per heavy atom. The van der Waals surface area contributed by atoms with Crippen LogP contribution in [0.4, 0.5) is 18.9 Å². The lowest BCUT2D eigenvalue weighted by Crippen LogP contribution is -2.08. The Bertz CT molecular complexity index is 578. The zero-order chi connectivity index (χ0) is 14.0. The molecular formula is C12H12F3N3O. The van der Waals surface area contributed by atoms with Crippen molar-refractivity contribution in [1.82, 2.24) is 10.3 Å². The van der Waals surface area contributed by atoms with E-state index in [1.165, 1.54) is 6.07 Å². The summed E-state index contributed by atoms with van der Waals surface area (Å²) in [6, 6.07) is 3.57. The molecule has 0 aliphatic carbocycles. The lowest BCUT2D eigenvalue weighted by molar-refractivity contribution is -0.137. The molecule has 19 heavy (non-hydrogen) atoms. The van der Waals surface area contributed by atoms with E-state index in [-0.39, 0.29) is 6.54 Å².